The van der Waals surface area contributed by atoms with Crippen LogP contribution in [-0.4, -0.2) is 39.3 Å². The topological polar surface area (TPSA) is 63.1 Å². The molecule has 0 aliphatic rings. The van der Waals surface area contributed by atoms with E-state index in [0.29, 0.717) is 13.0 Å². The molecular formula is C20H23N5O. The van der Waals surface area contributed by atoms with Gasteiger partial charge in [0.2, 0.25) is 0 Å². The van der Waals surface area contributed by atoms with Crippen LogP contribution in [0.3, 0.4) is 0 Å². The van der Waals surface area contributed by atoms with Gasteiger partial charge in [-0.15, -0.1) is 0 Å². The van der Waals surface area contributed by atoms with E-state index in [1.807, 2.05) is 66.3 Å². The first-order chi connectivity index (χ1) is 12.6. The summed E-state index contributed by atoms with van der Waals surface area (Å²) in [5.74, 6) is 0. The minimum Gasteiger partial charge on any atom is -0.338 e. The van der Waals surface area contributed by atoms with Crippen LogP contribution in [0.15, 0.2) is 67.1 Å². The number of carbonyl (C=O) groups is 1. The van der Waals surface area contributed by atoms with Gasteiger partial charge >= 0.3 is 6.03 Å². The van der Waals surface area contributed by atoms with Crippen LogP contribution in [0.1, 0.15) is 24.2 Å². The van der Waals surface area contributed by atoms with Gasteiger partial charge in [-0.1, -0.05) is 24.3 Å². The first-order valence-corrected chi connectivity index (χ1v) is 8.65. The molecule has 0 saturated carbocycles. The SMILES string of the molecule is CC(c1cccnc1)N(C)C(=O)NCCc1ccn(-c2ccccc2)n1. The van der Waals surface area contributed by atoms with Gasteiger partial charge in [0.25, 0.3) is 0 Å². The van der Waals surface area contributed by atoms with Gasteiger partial charge in [-0.05, 0) is 36.8 Å². The number of aromatic nitrogens is 3. The number of hydrogen-bond acceptors (Lipinski definition) is 3. The predicted octanol–water partition coefficient (Wildman–Crippen LogP) is 3.21. The molecule has 0 aliphatic carbocycles. The molecule has 0 fully saturated rings. The number of nitrogens with zero attached hydrogens (tertiary/aromatic N) is 4. The average Bonchev–Trinajstić information content (AvgIpc) is 3.17. The fourth-order valence-corrected chi connectivity index (χ4v) is 2.66. The second-order valence-corrected chi connectivity index (χ2v) is 6.14. The van der Waals surface area contributed by atoms with E-state index in [1.54, 1.807) is 24.3 Å². The summed E-state index contributed by atoms with van der Waals surface area (Å²) < 4.78 is 1.84. The highest BCUT2D eigenvalue weighted by atomic mass is 16.2. The van der Waals surface area contributed by atoms with Crippen LogP contribution < -0.4 is 5.32 Å². The quantitative estimate of drug-likeness (QED) is 0.743. The molecule has 0 aliphatic heterocycles. The summed E-state index contributed by atoms with van der Waals surface area (Å²) in [6.07, 6.45) is 6.12. The molecule has 1 N–H and O–H groups in total. The number of pyridine rings is 1. The Bertz CT molecular complexity index is 832. The Morgan fingerprint density at radius 1 is 1.19 bits per heavy atom. The maximum Gasteiger partial charge on any atom is 0.317 e. The smallest absolute Gasteiger partial charge is 0.317 e. The third kappa shape index (κ3) is 4.27. The van der Waals surface area contributed by atoms with Crippen molar-refractivity contribution in [3.05, 3.63) is 78.4 Å². The molecule has 1 aromatic carbocycles. The Kier molecular flexibility index (Phi) is 5.63. The van der Waals surface area contributed by atoms with Crippen molar-refractivity contribution in [1.82, 2.24) is 25.0 Å². The van der Waals surface area contributed by atoms with Gasteiger partial charge < -0.3 is 10.2 Å². The third-order valence-corrected chi connectivity index (χ3v) is 4.39. The summed E-state index contributed by atoms with van der Waals surface area (Å²) in [4.78, 5) is 18.1. The lowest BCUT2D eigenvalue weighted by Crippen LogP contribution is -2.39. The molecule has 0 bridgehead atoms. The third-order valence-electron chi connectivity index (χ3n) is 4.39. The number of carbonyl (C=O) groups excluding carboxylic acids is 1. The summed E-state index contributed by atoms with van der Waals surface area (Å²) >= 11 is 0. The van der Waals surface area contributed by atoms with Crippen molar-refractivity contribution in [1.29, 1.82) is 0 Å². The Morgan fingerprint density at radius 3 is 2.73 bits per heavy atom. The molecular weight excluding hydrogens is 326 g/mol. The molecule has 26 heavy (non-hydrogen) atoms. The maximum atomic E-state index is 12.3. The lowest BCUT2D eigenvalue weighted by atomic mass is 10.1. The molecule has 134 valence electrons. The van der Waals surface area contributed by atoms with Crippen molar-refractivity contribution >= 4 is 6.03 Å². The number of benzene rings is 1. The van der Waals surface area contributed by atoms with Crippen LogP contribution in [0.25, 0.3) is 5.69 Å². The second kappa shape index (κ2) is 8.29. The number of hydrogen-bond donors (Lipinski definition) is 1. The van der Waals surface area contributed by atoms with Crippen LogP contribution in [0.4, 0.5) is 4.79 Å². The molecule has 1 unspecified atom stereocenters. The largest absolute Gasteiger partial charge is 0.338 e. The van der Waals surface area contributed by atoms with Gasteiger partial charge in [0, 0.05) is 38.6 Å². The number of para-hydroxylation sites is 1. The lowest BCUT2D eigenvalue weighted by molar-refractivity contribution is 0.194. The van der Waals surface area contributed by atoms with E-state index >= 15 is 0 Å². The highest BCUT2D eigenvalue weighted by Gasteiger charge is 2.17. The van der Waals surface area contributed by atoms with Crippen LogP contribution in [0.5, 0.6) is 0 Å². The second-order valence-electron chi connectivity index (χ2n) is 6.14. The lowest BCUT2D eigenvalue weighted by Gasteiger charge is -2.25. The number of amides is 2. The van der Waals surface area contributed by atoms with E-state index in [-0.39, 0.29) is 12.1 Å². The fraction of sp³-hybridized carbons (Fsp3) is 0.250. The Morgan fingerprint density at radius 2 is 2.00 bits per heavy atom. The highest BCUT2D eigenvalue weighted by Crippen LogP contribution is 2.17. The molecule has 2 heterocycles. The first kappa shape index (κ1) is 17.7. The molecule has 3 rings (SSSR count). The number of urea groups is 1. The summed E-state index contributed by atoms with van der Waals surface area (Å²) in [5, 5.41) is 7.50. The van der Waals surface area contributed by atoms with Gasteiger partial charge in [-0.25, -0.2) is 9.48 Å². The molecule has 6 nitrogen and oxygen atoms in total. The normalized spacial score (nSPS) is 11.8. The van der Waals surface area contributed by atoms with Crippen molar-refractivity contribution in [3.63, 3.8) is 0 Å². The first-order valence-electron chi connectivity index (χ1n) is 8.65. The standard InChI is InChI=1S/C20H23N5O/c1-16(17-7-6-12-21-15-17)24(2)20(26)22-13-10-18-11-14-25(23-18)19-8-4-3-5-9-19/h3-9,11-12,14-16H,10,13H2,1-2H3,(H,22,26). The van der Waals surface area contributed by atoms with E-state index in [9.17, 15) is 4.79 Å². The molecule has 2 aromatic heterocycles. The van der Waals surface area contributed by atoms with Gasteiger partial charge in [-0.2, -0.15) is 5.10 Å². The van der Waals surface area contributed by atoms with E-state index in [1.165, 1.54) is 0 Å². The Labute approximate surface area is 153 Å². The molecule has 1 atom stereocenters. The Hall–Kier alpha value is -3.15. The highest BCUT2D eigenvalue weighted by molar-refractivity contribution is 5.74. The van der Waals surface area contributed by atoms with E-state index in [2.05, 4.69) is 15.4 Å². The molecule has 3 aromatic rings. The molecule has 2 amide bonds. The van der Waals surface area contributed by atoms with Crippen LogP contribution in [-0.2, 0) is 6.42 Å². The van der Waals surface area contributed by atoms with Gasteiger partial charge in [-0.3, -0.25) is 4.98 Å². The van der Waals surface area contributed by atoms with Gasteiger partial charge in [0.15, 0.2) is 0 Å². The van der Waals surface area contributed by atoms with E-state index < -0.39 is 0 Å². The summed E-state index contributed by atoms with van der Waals surface area (Å²) in [5.41, 5.74) is 2.97. The van der Waals surface area contributed by atoms with Crippen molar-refractivity contribution < 1.29 is 4.79 Å². The fourth-order valence-electron chi connectivity index (χ4n) is 2.66. The number of rotatable bonds is 6. The van der Waals surface area contributed by atoms with E-state index in [0.717, 1.165) is 16.9 Å². The zero-order chi connectivity index (χ0) is 18.4. The van der Waals surface area contributed by atoms with Crippen LogP contribution >= 0.6 is 0 Å². The Balaban J connectivity index is 1.50. The predicted molar refractivity (Wildman–Crippen MR) is 101 cm³/mol. The van der Waals surface area contributed by atoms with Crippen molar-refractivity contribution in [2.24, 2.45) is 0 Å². The number of nitrogens with one attached hydrogen (secondary N) is 1. The molecule has 0 saturated heterocycles. The van der Waals surface area contributed by atoms with Gasteiger partial charge in [0.05, 0.1) is 17.4 Å². The van der Waals surface area contributed by atoms with Crippen LogP contribution in [0.2, 0.25) is 0 Å². The van der Waals surface area contributed by atoms with Crippen LogP contribution in [0, 0.1) is 0 Å². The monoisotopic (exact) mass is 349 g/mol. The van der Waals surface area contributed by atoms with Crippen molar-refractivity contribution in [2.45, 2.75) is 19.4 Å². The summed E-state index contributed by atoms with van der Waals surface area (Å²) in [6.45, 7) is 2.52. The minimum atomic E-state index is -0.108. The summed E-state index contributed by atoms with van der Waals surface area (Å²) in [7, 11) is 1.79. The molecule has 0 radical (unpaired) electrons. The molecule has 0 spiro atoms. The summed E-state index contributed by atoms with van der Waals surface area (Å²) in [6, 6.07) is 15.6. The minimum absolute atomic E-state index is 0.0408. The zero-order valence-electron chi connectivity index (χ0n) is 15.0. The van der Waals surface area contributed by atoms with Gasteiger partial charge in [0.1, 0.15) is 0 Å². The van der Waals surface area contributed by atoms with Crippen molar-refractivity contribution in [2.75, 3.05) is 13.6 Å². The van der Waals surface area contributed by atoms with Crippen molar-refractivity contribution in [3.8, 4) is 5.69 Å². The van der Waals surface area contributed by atoms with E-state index in [4.69, 9.17) is 0 Å². The average molecular weight is 349 g/mol. The maximum absolute atomic E-state index is 12.3. The molecule has 6 heteroatoms. The zero-order valence-corrected chi connectivity index (χ0v) is 15.0.